The molecule has 0 fully saturated rings. The number of nitriles is 1. The zero-order valence-corrected chi connectivity index (χ0v) is 18.2. The van der Waals surface area contributed by atoms with E-state index >= 15 is 0 Å². The first-order valence-corrected chi connectivity index (χ1v) is 10.5. The van der Waals surface area contributed by atoms with Crippen LogP contribution in [0.2, 0.25) is 0 Å². The molecule has 0 saturated heterocycles. The number of thiazole rings is 1. The second-order valence-electron chi connectivity index (χ2n) is 7.20. The minimum Gasteiger partial charge on any atom is -0.459 e. The van der Waals surface area contributed by atoms with Gasteiger partial charge in [-0.2, -0.15) is 5.26 Å². The first-order valence-electron chi connectivity index (χ1n) is 9.58. The third-order valence-electron chi connectivity index (χ3n) is 4.36. The van der Waals surface area contributed by atoms with Crippen LogP contribution in [0.3, 0.4) is 0 Å². The van der Waals surface area contributed by atoms with Crippen LogP contribution in [0.25, 0.3) is 16.8 Å². The first kappa shape index (κ1) is 21.3. The van der Waals surface area contributed by atoms with Gasteiger partial charge in [-0.25, -0.2) is 9.78 Å². The Morgan fingerprint density at radius 1 is 1.20 bits per heavy atom. The van der Waals surface area contributed by atoms with Gasteiger partial charge in [-0.3, -0.25) is 0 Å². The smallest absolute Gasteiger partial charge is 0.338 e. The van der Waals surface area contributed by atoms with E-state index in [4.69, 9.17) is 4.74 Å². The van der Waals surface area contributed by atoms with E-state index in [9.17, 15) is 10.1 Å². The number of nitrogens with zero attached hydrogens (tertiary/aromatic N) is 2. The number of hydrogen-bond acceptors (Lipinski definition) is 6. The van der Waals surface area contributed by atoms with Crippen molar-refractivity contribution in [2.75, 3.05) is 5.32 Å². The lowest BCUT2D eigenvalue weighted by Gasteiger charge is -2.08. The molecule has 1 N–H and O–H groups in total. The molecule has 0 spiro atoms. The van der Waals surface area contributed by atoms with Crippen LogP contribution in [-0.4, -0.2) is 17.1 Å². The van der Waals surface area contributed by atoms with Gasteiger partial charge in [0.15, 0.2) is 0 Å². The molecule has 0 aliphatic rings. The standard InChI is InChI=1S/C24H23N3O2S/c1-15(2)29-24(28)18-6-8-20(9-7-18)26-13-19(12-25)23-27-22(14-30-23)21-10-5-16(3)11-17(21)4/h5-11,13-15,26H,1-4H3/b19-13+. The average Bonchev–Trinajstić information content (AvgIpc) is 3.18. The van der Waals surface area contributed by atoms with E-state index in [-0.39, 0.29) is 12.1 Å². The monoisotopic (exact) mass is 417 g/mol. The van der Waals surface area contributed by atoms with Gasteiger partial charge in [0.05, 0.1) is 17.4 Å². The van der Waals surface area contributed by atoms with Crippen LogP contribution >= 0.6 is 11.3 Å². The first-order chi connectivity index (χ1) is 14.4. The maximum absolute atomic E-state index is 11.9. The number of allylic oxidation sites excluding steroid dienone is 1. The zero-order chi connectivity index (χ0) is 21.7. The lowest BCUT2D eigenvalue weighted by molar-refractivity contribution is 0.0378. The Kier molecular flexibility index (Phi) is 6.65. The molecular formula is C24H23N3O2S. The number of hydrogen-bond donors (Lipinski definition) is 1. The summed E-state index contributed by atoms with van der Waals surface area (Å²) in [6.45, 7) is 7.74. The van der Waals surface area contributed by atoms with Crippen molar-refractivity contribution in [3.8, 4) is 17.3 Å². The van der Waals surface area contributed by atoms with E-state index in [2.05, 4.69) is 48.4 Å². The Morgan fingerprint density at radius 2 is 1.93 bits per heavy atom. The highest BCUT2D eigenvalue weighted by Gasteiger charge is 2.11. The number of anilines is 1. The summed E-state index contributed by atoms with van der Waals surface area (Å²) in [6.07, 6.45) is 1.47. The third-order valence-corrected chi connectivity index (χ3v) is 5.23. The topological polar surface area (TPSA) is 75.0 Å². The predicted octanol–water partition coefficient (Wildman–Crippen LogP) is 5.97. The van der Waals surface area contributed by atoms with Gasteiger partial charge in [0.1, 0.15) is 16.6 Å². The van der Waals surface area contributed by atoms with Crippen LogP contribution in [0.1, 0.15) is 40.3 Å². The number of benzene rings is 2. The van der Waals surface area contributed by atoms with Gasteiger partial charge in [-0.15, -0.1) is 11.3 Å². The molecule has 3 rings (SSSR count). The number of ether oxygens (including phenoxy) is 1. The molecule has 0 amide bonds. The Morgan fingerprint density at radius 3 is 2.57 bits per heavy atom. The molecular weight excluding hydrogens is 394 g/mol. The second-order valence-corrected chi connectivity index (χ2v) is 8.06. The number of aromatic nitrogens is 1. The van der Waals surface area contributed by atoms with E-state index < -0.39 is 0 Å². The summed E-state index contributed by atoms with van der Waals surface area (Å²) < 4.78 is 5.18. The van der Waals surface area contributed by atoms with Crippen molar-refractivity contribution in [3.63, 3.8) is 0 Å². The summed E-state index contributed by atoms with van der Waals surface area (Å²) >= 11 is 1.43. The lowest BCUT2D eigenvalue weighted by Crippen LogP contribution is -2.11. The number of carbonyl (C=O) groups is 1. The molecule has 0 saturated carbocycles. The van der Waals surface area contributed by atoms with Crippen molar-refractivity contribution in [1.82, 2.24) is 4.98 Å². The maximum Gasteiger partial charge on any atom is 0.338 e. The second kappa shape index (κ2) is 9.38. The van der Waals surface area contributed by atoms with Gasteiger partial charge in [0.2, 0.25) is 0 Å². The maximum atomic E-state index is 11.9. The Hall–Kier alpha value is -3.43. The summed E-state index contributed by atoms with van der Waals surface area (Å²) in [5.41, 5.74) is 5.98. The minimum absolute atomic E-state index is 0.164. The molecule has 0 unspecified atom stereocenters. The van der Waals surface area contributed by atoms with Gasteiger partial charge in [0, 0.05) is 22.8 Å². The predicted molar refractivity (Wildman–Crippen MR) is 121 cm³/mol. The van der Waals surface area contributed by atoms with Gasteiger partial charge in [-0.05, 0) is 57.5 Å². The molecule has 2 aromatic carbocycles. The van der Waals surface area contributed by atoms with E-state index in [0.717, 1.165) is 22.5 Å². The van der Waals surface area contributed by atoms with Crippen LogP contribution < -0.4 is 5.32 Å². The number of carbonyl (C=O) groups excluding carboxylic acids is 1. The Balaban J connectivity index is 1.75. The third kappa shape index (κ3) is 5.13. The highest BCUT2D eigenvalue weighted by Crippen LogP contribution is 2.28. The SMILES string of the molecule is Cc1ccc(-c2csc(/C(C#N)=C/Nc3ccc(C(=O)OC(C)C)cc3)n2)c(C)c1. The van der Waals surface area contributed by atoms with Crippen molar-refractivity contribution in [2.45, 2.75) is 33.8 Å². The molecule has 0 bridgehead atoms. The minimum atomic E-state index is -0.355. The molecule has 0 radical (unpaired) electrons. The molecule has 5 nitrogen and oxygen atoms in total. The number of nitrogens with one attached hydrogen (secondary N) is 1. The number of rotatable bonds is 6. The van der Waals surface area contributed by atoms with Crippen molar-refractivity contribution < 1.29 is 9.53 Å². The molecule has 30 heavy (non-hydrogen) atoms. The van der Waals surface area contributed by atoms with Gasteiger partial charge in [-0.1, -0.05) is 23.8 Å². The van der Waals surface area contributed by atoms with Crippen molar-refractivity contribution in [3.05, 3.63) is 75.7 Å². The molecule has 0 aliphatic heterocycles. The van der Waals surface area contributed by atoms with Crippen LogP contribution in [0, 0.1) is 25.2 Å². The van der Waals surface area contributed by atoms with Crippen molar-refractivity contribution >= 4 is 28.6 Å². The normalized spacial score (nSPS) is 11.3. The fourth-order valence-corrected chi connectivity index (χ4v) is 3.69. The molecule has 0 aliphatic carbocycles. The summed E-state index contributed by atoms with van der Waals surface area (Å²) in [4.78, 5) is 16.6. The van der Waals surface area contributed by atoms with Crippen molar-refractivity contribution in [1.29, 1.82) is 5.26 Å². The van der Waals surface area contributed by atoms with Gasteiger partial charge < -0.3 is 10.1 Å². The Bertz CT molecular complexity index is 1120. The number of esters is 1. The Labute approximate surface area is 180 Å². The molecule has 1 aromatic heterocycles. The average molecular weight is 418 g/mol. The quantitative estimate of drug-likeness (QED) is 0.395. The van der Waals surface area contributed by atoms with Crippen molar-refractivity contribution in [2.24, 2.45) is 0 Å². The van der Waals surface area contributed by atoms with Crippen LogP contribution in [0.15, 0.2) is 54.0 Å². The van der Waals surface area contributed by atoms with E-state index in [1.54, 1.807) is 30.5 Å². The molecule has 0 atom stereocenters. The molecule has 6 heteroatoms. The summed E-state index contributed by atoms with van der Waals surface area (Å²) in [6, 6.07) is 15.4. The fraction of sp³-hybridized carbons (Fsp3) is 0.208. The van der Waals surface area contributed by atoms with E-state index in [1.165, 1.54) is 16.9 Å². The summed E-state index contributed by atoms with van der Waals surface area (Å²) in [5, 5.41) is 15.3. The van der Waals surface area contributed by atoms with E-state index in [1.807, 2.05) is 19.2 Å². The van der Waals surface area contributed by atoms with Crippen LogP contribution in [0.5, 0.6) is 0 Å². The highest BCUT2D eigenvalue weighted by molar-refractivity contribution is 7.11. The van der Waals surface area contributed by atoms with Crippen LogP contribution in [-0.2, 0) is 4.74 Å². The van der Waals surface area contributed by atoms with Gasteiger partial charge >= 0.3 is 5.97 Å². The lowest BCUT2D eigenvalue weighted by atomic mass is 10.0. The summed E-state index contributed by atoms with van der Waals surface area (Å²) in [5.74, 6) is -0.355. The zero-order valence-electron chi connectivity index (χ0n) is 17.4. The molecule has 3 aromatic rings. The summed E-state index contributed by atoms with van der Waals surface area (Å²) in [7, 11) is 0. The highest BCUT2D eigenvalue weighted by atomic mass is 32.1. The van der Waals surface area contributed by atoms with Crippen LogP contribution in [0.4, 0.5) is 5.69 Å². The molecule has 152 valence electrons. The largest absolute Gasteiger partial charge is 0.459 e. The van der Waals surface area contributed by atoms with Gasteiger partial charge in [0.25, 0.3) is 0 Å². The van der Waals surface area contributed by atoms with E-state index in [0.29, 0.717) is 16.1 Å². The molecule has 1 heterocycles. The fourth-order valence-electron chi connectivity index (χ4n) is 2.90. The number of aryl methyl sites for hydroxylation is 2.